The highest BCUT2D eigenvalue weighted by Crippen LogP contribution is 2.35. The van der Waals surface area contributed by atoms with Crippen LogP contribution in [0.5, 0.6) is 5.75 Å². The van der Waals surface area contributed by atoms with Crippen molar-refractivity contribution in [3.8, 4) is 5.75 Å². The summed E-state index contributed by atoms with van der Waals surface area (Å²) in [6, 6.07) is 5.19. The number of nitrogens with one attached hydrogen (secondary N) is 1. The maximum atomic E-state index is 13.1. The van der Waals surface area contributed by atoms with E-state index in [1.54, 1.807) is 10.9 Å². The Morgan fingerprint density at radius 3 is 2.81 bits per heavy atom. The molecule has 0 spiro atoms. The minimum Gasteiger partial charge on any atom is -0.491 e. The Morgan fingerprint density at radius 1 is 1.35 bits per heavy atom. The van der Waals surface area contributed by atoms with Crippen LogP contribution in [0.4, 0.5) is 13.2 Å². The zero-order valence-electron chi connectivity index (χ0n) is 17.4. The second kappa shape index (κ2) is 11.6. The van der Waals surface area contributed by atoms with Crippen molar-refractivity contribution >= 4 is 29.9 Å². The van der Waals surface area contributed by atoms with Crippen LogP contribution >= 0.6 is 24.0 Å². The molecular weight excluding hydrogens is 526 g/mol. The summed E-state index contributed by atoms with van der Waals surface area (Å²) in [4.78, 5) is 6.60. The van der Waals surface area contributed by atoms with E-state index in [0.29, 0.717) is 32.2 Å². The number of alkyl halides is 3. The van der Waals surface area contributed by atoms with E-state index in [1.807, 2.05) is 20.2 Å². The number of aliphatic imine (C=N–C) groups is 1. The van der Waals surface area contributed by atoms with Gasteiger partial charge in [-0.3, -0.25) is 4.68 Å². The molecule has 1 unspecified atom stereocenters. The van der Waals surface area contributed by atoms with E-state index in [1.165, 1.54) is 18.2 Å². The van der Waals surface area contributed by atoms with Gasteiger partial charge in [-0.15, -0.1) is 24.0 Å². The van der Waals surface area contributed by atoms with E-state index < -0.39 is 11.7 Å². The first-order valence-corrected chi connectivity index (χ1v) is 9.81. The SMILES string of the molecule is CCNC(=NCCOc1ccccc1C(F)(F)F)N1CCOC(c2cnn(C)c2)C1.I. The third-order valence-electron chi connectivity index (χ3n) is 4.60. The van der Waals surface area contributed by atoms with Gasteiger partial charge in [0, 0.05) is 31.9 Å². The largest absolute Gasteiger partial charge is 0.491 e. The lowest BCUT2D eigenvalue weighted by molar-refractivity contribution is -0.138. The van der Waals surface area contributed by atoms with Gasteiger partial charge in [-0.25, -0.2) is 4.99 Å². The molecule has 2 aromatic rings. The number of aryl methyl sites for hydroxylation is 1. The third-order valence-corrected chi connectivity index (χ3v) is 4.60. The van der Waals surface area contributed by atoms with Crippen LogP contribution in [0, 0.1) is 0 Å². The van der Waals surface area contributed by atoms with Crippen molar-refractivity contribution < 1.29 is 22.6 Å². The van der Waals surface area contributed by atoms with Gasteiger partial charge in [0.2, 0.25) is 0 Å². The summed E-state index contributed by atoms with van der Waals surface area (Å²) in [6.45, 7) is 4.72. The minimum absolute atomic E-state index is 0. The fourth-order valence-corrected chi connectivity index (χ4v) is 3.21. The van der Waals surface area contributed by atoms with Gasteiger partial charge in [-0.2, -0.15) is 18.3 Å². The zero-order valence-corrected chi connectivity index (χ0v) is 19.8. The maximum Gasteiger partial charge on any atom is 0.419 e. The minimum atomic E-state index is -4.45. The lowest BCUT2D eigenvalue weighted by atomic mass is 10.1. The van der Waals surface area contributed by atoms with Crippen LogP contribution in [-0.4, -0.2) is 60.0 Å². The van der Waals surface area contributed by atoms with Crippen molar-refractivity contribution in [3.05, 3.63) is 47.8 Å². The van der Waals surface area contributed by atoms with Crippen molar-refractivity contribution in [3.63, 3.8) is 0 Å². The second-order valence-corrected chi connectivity index (χ2v) is 6.83. The van der Waals surface area contributed by atoms with Crippen molar-refractivity contribution in [1.82, 2.24) is 20.0 Å². The van der Waals surface area contributed by atoms with E-state index in [0.717, 1.165) is 11.6 Å². The molecule has 0 aliphatic carbocycles. The van der Waals surface area contributed by atoms with Crippen LogP contribution < -0.4 is 10.1 Å². The molecule has 172 valence electrons. The van der Waals surface area contributed by atoms with Crippen molar-refractivity contribution in [2.45, 2.75) is 19.2 Å². The highest BCUT2D eigenvalue weighted by molar-refractivity contribution is 14.0. The summed E-state index contributed by atoms with van der Waals surface area (Å²) in [5.41, 5.74) is 0.207. The molecule has 1 aromatic carbocycles. The monoisotopic (exact) mass is 553 g/mol. The molecule has 7 nitrogen and oxygen atoms in total. The standard InChI is InChI=1S/C20H26F3N5O2.HI/c1-3-24-19(28-9-11-30-18(14-28)15-12-26-27(2)13-15)25-8-10-29-17-7-5-4-6-16(17)20(21,22)23;/h4-7,12-13,18H,3,8-11,14H2,1-2H3,(H,24,25);1H. The van der Waals surface area contributed by atoms with Gasteiger partial charge >= 0.3 is 6.18 Å². The van der Waals surface area contributed by atoms with Gasteiger partial charge in [0.1, 0.15) is 18.5 Å². The van der Waals surface area contributed by atoms with Crippen molar-refractivity contribution in [1.29, 1.82) is 0 Å². The zero-order chi connectivity index (χ0) is 21.6. The molecule has 0 radical (unpaired) electrons. The van der Waals surface area contributed by atoms with Gasteiger partial charge in [0.15, 0.2) is 5.96 Å². The quantitative estimate of drug-likeness (QED) is 0.257. The first-order chi connectivity index (χ1) is 14.4. The lowest BCUT2D eigenvalue weighted by Gasteiger charge is -2.34. The first kappa shape index (κ1) is 25.2. The van der Waals surface area contributed by atoms with Crippen LogP contribution in [0.25, 0.3) is 0 Å². The molecule has 0 bridgehead atoms. The van der Waals surface area contributed by atoms with Gasteiger partial charge in [-0.1, -0.05) is 12.1 Å². The number of nitrogens with zero attached hydrogens (tertiary/aromatic N) is 4. The molecule has 1 atom stereocenters. The fraction of sp³-hybridized carbons (Fsp3) is 0.500. The second-order valence-electron chi connectivity index (χ2n) is 6.83. The van der Waals surface area contributed by atoms with Crippen LogP contribution in [0.1, 0.15) is 24.2 Å². The van der Waals surface area contributed by atoms with Crippen LogP contribution in [0.3, 0.4) is 0 Å². The summed E-state index contributed by atoms with van der Waals surface area (Å²) in [6.07, 6.45) is -0.871. The Balaban J connectivity index is 0.00000341. The maximum absolute atomic E-state index is 13.1. The van der Waals surface area contributed by atoms with Gasteiger partial charge < -0.3 is 19.7 Å². The number of ether oxygens (including phenoxy) is 2. The molecule has 2 heterocycles. The molecule has 3 rings (SSSR count). The molecule has 0 saturated carbocycles. The summed E-state index contributed by atoms with van der Waals surface area (Å²) in [5.74, 6) is 0.496. The molecule has 1 saturated heterocycles. The number of rotatable bonds is 6. The predicted octanol–water partition coefficient (Wildman–Crippen LogP) is 3.47. The van der Waals surface area contributed by atoms with Crippen molar-refractivity contribution in [2.75, 3.05) is 39.4 Å². The molecule has 1 aromatic heterocycles. The van der Waals surface area contributed by atoms with Gasteiger partial charge in [0.25, 0.3) is 0 Å². The summed E-state index contributed by atoms with van der Waals surface area (Å²) < 4.78 is 52.1. The number of hydrogen-bond donors (Lipinski definition) is 1. The Labute approximate surface area is 196 Å². The summed E-state index contributed by atoms with van der Waals surface area (Å²) in [5, 5.41) is 7.42. The summed E-state index contributed by atoms with van der Waals surface area (Å²) >= 11 is 0. The summed E-state index contributed by atoms with van der Waals surface area (Å²) in [7, 11) is 1.85. The van der Waals surface area contributed by atoms with Crippen LogP contribution in [0.2, 0.25) is 0 Å². The highest BCUT2D eigenvalue weighted by Gasteiger charge is 2.34. The average molecular weight is 553 g/mol. The fourth-order valence-electron chi connectivity index (χ4n) is 3.21. The molecule has 31 heavy (non-hydrogen) atoms. The van der Waals surface area contributed by atoms with E-state index in [2.05, 4.69) is 20.3 Å². The highest BCUT2D eigenvalue weighted by atomic mass is 127. The topological polar surface area (TPSA) is 63.9 Å². The number of morpholine rings is 1. The Bertz CT molecular complexity index is 859. The number of para-hydroxylation sites is 1. The number of hydrogen-bond acceptors (Lipinski definition) is 4. The number of halogens is 4. The third kappa shape index (κ3) is 6.99. The van der Waals surface area contributed by atoms with E-state index in [9.17, 15) is 13.2 Å². The smallest absolute Gasteiger partial charge is 0.419 e. The molecule has 1 aliphatic heterocycles. The molecule has 1 N–H and O–H groups in total. The Kier molecular flexibility index (Phi) is 9.41. The normalized spacial score (nSPS) is 17.3. The number of benzene rings is 1. The van der Waals surface area contributed by atoms with Gasteiger partial charge in [-0.05, 0) is 19.1 Å². The molecular formula is C20H27F3IN5O2. The van der Waals surface area contributed by atoms with Gasteiger partial charge in [0.05, 0.1) is 31.5 Å². The Morgan fingerprint density at radius 2 is 2.13 bits per heavy atom. The molecule has 1 aliphatic rings. The predicted molar refractivity (Wildman–Crippen MR) is 122 cm³/mol. The van der Waals surface area contributed by atoms with E-state index in [4.69, 9.17) is 9.47 Å². The molecule has 0 amide bonds. The van der Waals surface area contributed by atoms with Crippen LogP contribution in [0.15, 0.2) is 41.7 Å². The first-order valence-electron chi connectivity index (χ1n) is 9.81. The Hall–Kier alpha value is -2.02. The van der Waals surface area contributed by atoms with E-state index in [-0.39, 0.29) is 49.0 Å². The van der Waals surface area contributed by atoms with Crippen molar-refractivity contribution in [2.24, 2.45) is 12.0 Å². The van der Waals surface area contributed by atoms with E-state index >= 15 is 0 Å². The number of guanidine groups is 1. The lowest BCUT2D eigenvalue weighted by Crippen LogP contribution is -2.48. The van der Waals surface area contributed by atoms with Crippen LogP contribution in [-0.2, 0) is 18.0 Å². The molecule has 1 fully saturated rings. The average Bonchev–Trinajstić information content (AvgIpc) is 3.16. The molecule has 11 heteroatoms. The number of aromatic nitrogens is 2.